The molecule has 0 radical (unpaired) electrons. The van der Waals surface area contributed by atoms with E-state index in [2.05, 4.69) is 25.8 Å². The van der Waals surface area contributed by atoms with Gasteiger partial charge in [0.1, 0.15) is 0 Å². The Kier molecular flexibility index (Phi) is 2.55. The molecule has 0 aromatic carbocycles. The van der Waals surface area contributed by atoms with E-state index in [-0.39, 0.29) is 5.54 Å². The van der Waals surface area contributed by atoms with Crippen LogP contribution in [0.2, 0.25) is 0 Å². The van der Waals surface area contributed by atoms with Crippen molar-refractivity contribution in [2.75, 3.05) is 20.2 Å². The second kappa shape index (κ2) is 3.11. The molecule has 0 saturated carbocycles. The van der Waals surface area contributed by atoms with Gasteiger partial charge in [-0.1, -0.05) is 0 Å². The van der Waals surface area contributed by atoms with Gasteiger partial charge in [0.25, 0.3) is 0 Å². The maximum absolute atomic E-state index is 9.12. The number of nitrogens with zero attached hydrogens (tertiary/aromatic N) is 1. The molecule has 1 aliphatic heterocycles. The normalized spacial score (nSPS) is 32.2. The molecule has 2 heteroatoms. The second-order valence-corrected chi connectivity index (χ2v) is 4.10. The number of hydrogen-bond donors (Lipinski definition) is 1. The first-order valence-electron chi connectivity index (χ1n) is 4.41. The molecule has 0 aliphatic carbocycles. The summed E-state index contributed by atoms with van der Waals surface area (Å²) in [7, 11) is 2.14. The molecule has 0 bridgehead atoms. The molecule has 0 spiro atoms. The molecule has 1 heterocycles. The summed E-state index contributed by atoms with van der Waals surface area (Å²) in [5, 5.41) is 9.12. The van der Waals surface area contributed by atoms with Gasteiger partial charge in [0.05, 0.1) is 0 Å². The Morgan fingerprint density at radius 1 is 1.55 bits per heavy atom. The van der Waals surface area contributed by atoms with Crippen LogP contribution in [0.25, 0.3) is 0 Å². The molecule has 1 fully saturated rings. The number of likely N-dealkylation sites (tertiary alicyclic amines) is 1. The van der Waals surface area contributed by atoms with Crippen molar-refractivity contribution in [3.63, 3.8) is 0 Å². The van der Waals surface area contributed by atoms with Gasteiger partial charge in [-0.15, -0.1) is 0 Å². The summed E-state index contributed by atoms with van der Waals surface area (Å²) >= 11 is 0. The third-order valence-electron chi connectivity index (χ3n) is 3.25. The fraction of sp³-hybridized carbons (Fsp3) is 1.00. The number of rotatable bonds is 1. The molecule has 66 valence electrons. The molecular weight excluding hydrogens is 138 g/mol. The van der Waals surface area contributed by atoms with Crippen molar-refractivity contribution in [3.8, 4) is 0 Å². The van der Waals surface area contributed by atoms with Gasteiger partial charge in [0, 0.05) is 12.1 Å². The van der Waals surface area contributed by atoms with Crippen LogP contribution in [-0.4, -0.2) is 35.7 Å². The van der Waals surface area contributed by atoms with E-state index in [4.69, 9.17) is 5.11 Å². The molecule has 1 N–H and O–H groups in total. The van der Waals surface area contributed by atoms with Crippen LogP contribution >= 0.6 is 0 Å². The molecular formula is C9H19NO. The zero-order valence-corrected chi connectivity index (χ0v) is 7.80. The maximum atomic E-state index is 9.12. The summed E-state index contributed by atoms with van der Waals surface area (Å²) < 4.78 is 0. The molecule has 0 aromatic heterocycles. The Labute approximate surface area is 69.2 Å². The minimum Gasteiger partial charge on any atom is -0.396 e. The first-order valence-corrected chi connectivity index (χ1v) is 4.41. The summed E-state index contributed by atoms with van der Waals surface area (Å²) in [4.78, 5) is 2.34. The van der Waals surface area contributed by atoms with Crippen LogP contribution in [0.3, 0.4) is 0 Å². The monoisotopic (exact) mass is 157 g/mol. The molecule has 1 rings (SSSR count). The molecule has 1 aliphatic rings. The number of piperidine rings is 1. The number of aliphatic hydroxyl groups is 1. The largest absolute Gasteiger partial charge is 0.396 e. The fourth-order valence-corrected chi connectivity index (χ4v) is 1.84. The molecule has 0 amide bonds. The van der Waals surface area contributed by atoms with Gasteiger partial charge in [0.15, 0.2) is 0 Å². The van der Waals surface area contributed by atoms with E-state index in [9.17, 15) is 0 Å². The van der Waals surface area contributed by atoms with E-state index < -0.39 is 0 Å². The fourth-order valence-electron chi connectivity index (χ4n) is 1.84. The highest BCUT2D eigenvalue weighted by Gasteiger charge is 2.35. The van der Waals surface area contributed by atoms with Crippen molar-refractivity contribution in [1.82, 2.24) is 4.90 Å². The molecule has 0 aromatic rings. The average molecular weight is 157 g/mol. The van der Waals surface area contributed by atoms with E-state index in [1.807, 2.05) is 0 Å². The van der Waals surface area contributed by atoms with Crippen molar-refractivity contribution in [3.05, 3.63) is 0 Å². The molecule has 1 saturated heterocycles. The van der Waals surface area contributed by atoms with E-state index in [1.54, 1.807) is 0 Å². The van der Waals surface area contributed by atoms with Gasteiger partial charge in [-0.05, 0) is 46.2 Å². The van der Waals surface area contributed by atoms with Crippen molar-refractivity contribution < 1.29 is 5.11 Å². The lowest BCUT2D eigenvalue weighted by Gasteiger charge is -2.45. The van der Waals surface area contributed by atoms with Crippen LogP contribution in [0.15, 0.2) is 0 Å². The van der Waals surface area contributed by atoms with Crippen LogP contribution in [0.5, 0.6) is 0 Å². The van der Waals surface area contributed by atoms with Crippen LogP contribution in [-0.2, 0) is 0 Å². The minimum absolute atomic E-state index is 0.188. The Bertz CT molecular complexity index is 134. The quantitative estimate of drug-likeness (QED) is 0.616. The van der Waals surface area contributed by atoms with Gasteiger partial charge in [-0.25, -0.2) is 0 Å². The Balaban J connectivity index is 2.64. The number of aliphatic hydroxyl groups excluding tert-OH is 1. The smallest absolute Gasteiger partial charge is 0.0476 e. The van der Waals surface area contributed by atoms with Crippen LogP contribution < -0.4 is 0 Å². The highest BCUT2D eigenvalue weighted by atomic mass is 16.3. The Morgan fingerprint density at radius 2 is 2.18 bits per heavy atom. The van der Waals surface area contributed by atoms with Gasteiger partial charge in [-0.3, -0.25) is 0 Å². The van der Waals surface area contributed by atoms with Crippen LogP contribution in [0, 0.1) is 5.92 Å². The lowest BCUT2D eigenvalue weighted by Crippen LogP contribution is -2.52. The van der Waals surface area contributed by atoms with E-state index in [0.29, 0.717) is 12.5 Å². The summed E-state index contributed by atoms with van der Waals surface area (Å²) in [5.74, 6) is 0.459. The standard InChI is InChI=1S/C9H19NO/c1-9(2)8(7-11)5-4-6-10(9)3/h8,11H,4-7H2,1-3H3. The topological polar surface area (TPSA) is 23.5 Å². The first-order chi connectivity index (χ1) is 5.09. The van der Waals surface area contributed by atoms with Crippen molar-refractivity contribution in [2.45, 2.75) is 32.2 Å². The predicted octanol–water partition coefficient (Wildman–Crippen LogP) is 1.10. The summed E-state index contributed by atoms with van der Waals surface area (Å²) in [5.41, 5.74) is 0.188. The summed E-state index contributed by atoms with van der Waals surface area (Å²) in [6.07, 6.45) is 2.40. The maximum Gasteiger partial charge on any atom is 0.0476 e. The minimum atomic E-state index is 0.188. The van der Waals surface area contributed by atoms with Crippen LogP contribution in [0.4, 0.5) is 0 Å². The zero-order chi connectivity index (χ0) is 8.48. The molecule has 1 atom stereocenters. The van der Waals surface area contributed by atoms with E-state index >= 15 is 0 Å². The van der Waals surface area contributed by atoms with Gasteiger partial charge in [-0.2, -0.15) is 0 Å². The van der Waals surface area contributed by atoms with Crippen molar-refractivity contribution in [2.24, 2.45) is 5.92 Å². The highest BCUT2D eigenvalue weighted by Crippen LogP contribution is 2.31. The Morgan fingerprint density at radius 3 is 2.64 bits per heavy atom. The van der Waals surface area contributed by atoms with Gasteiger partial charge in [0.2, 0.25) is 0 Å². The predicted molar refractivity (Wildman–Crippen MR) is 46.5 cm³/mol. The molecule has 1 unspecified atom stereocenters. The van der Waals surface area contributed by atoms with E-state index in [0.717, 1.165) is 0 Å². The van der Waals surface area contributed by atoms with E-state index in [1.165, 1.54) is 19.4 Å². The Hall–Kier alpha value is -0.0800. The molecule has 2 nitrogen and oxygen atoms in total. The summed E-state index contributed by atoms with van der Waals surface area (Å²) in [6, 6.07) is 0. The third kappa shape index (κ3) is 1.57. The van der Waals surface area contributed by atoms with Crippen molar-refractivity contribution >= 4 is 0 Å². The first kappa shape index (κ1) is 9.01. The average Bonchev–Trinajstić information content (AvgIpc) is 1.95. The SMILES string of the molecule is CN1CCCC(CO)C1(C)C. The van der Waals surface area contributed by atoms with Gasteiger partial charge < -0.3 is 10.0 Å². The van der Waals surface area contributed by atoms with Crippen molar-refractivity contribution in [1.29, 1.82) is 0 Å². The highest BCUT2D eigenvalue weighted by molar-refractivity contribution is 4.90. The molecule has 11 heavy (non-hydrogen) atoms. The lowest BCUT2D eigenvalue weighted by molar-refractivity contribution is 0.0138. The zero-order valence-electron chi connectivity index (χ0n) is 7.80. The summed E-state index contributed by atoms with van der Waals surface area (Å²) in [6.45, 7) is 5.93. The third-order valence-corrected chi connectivity index (χ3v) is 3.25. The second-order valence-electron chi connectivity index (χ2n) is 4.10. The van der Waals surface area contributed by atoms with Gasteiger partial charge >= 0.3 is 0 Å². The lowest BCUT2D eigenvalue weighted by atomic mass is 9.80. The number of hydrogen-bond acceptors (Lipinski definition) is 2. The van der Waals surface area contributed by atoms with Crippen LogP contribution in [0.1, 0.15) is 26.7 Å².